The Kier molecular flexibility index (Phi) is 5.61. The second-order valence-electron chi connectivity index (χ2n) is 4.68. The van der Waals surface area contributed by atoms with E-state index in [9.17, 15) is 4.79 Å². The number of rotatable bonds is 7. The lowest BCUT2D eigenvalue weighted by Crippen LogP contribution is -2.31. The SMILES string of the molecule is CCOc1cccc(C(=O)N(CCC#N)Cc2ccco2)c1. The molecule has 0 bridgehead atoms. The van der Waals surface area contributed by atoms with Crippen LogP contribution in [-0.2, 0) is 6.54 Å². The van der Waals surface area contributed by atoms with Crippen molar-refractivity contribution >= 4 is 5.91 Å². The Bertz CT molecular complexity index is 644. The number of hydrogen-bond donors (Lipinski definition) is 0. The normalized spacial score (nSPS) is 10.0. The van der Waals surface area contributed by atoms with Crippen molar-refractivity contribution in [3.8, 4) is 11.8 Å². The summed E-state index contributed by atoms with van der Waals surface area (Å²) in [6.07, 6.45) is 1.84. The van der Waals surface area contributed by atoms with Crippen molar-refractivity contribution in [1.29, 1.82) is 5.26 Å². The summed E-state index contributed by atoms with van der Waals surface area (Å²) in [6, 6.07) is 12.7. The fraction of sp³-hybridized carbons (Fsp3) is 0.294. The highest BCUT2D eigenvalue weighted by atomic mass is 16.5. The fourth-order valence-corrected chi connectivity index (χ4v) is 2.10. The van der Waals surface area contributed by atoms with Crippen LogP contribution in [0.2, 0.25) is 0 Å². The van der Waals surface area contributed by atoms with Crippen LogP contribution in [-0.4, -0.2) is 24.0 Å². The molecule has 0 aliphatic rings. The van der Waals surface area contributed by atoms with Crippen molar-refractivity contribution in [1.82, 2.24) is 4.90 Å². The number of furan rings is 1. The summed E-state index contributed by atoms with van der Waals surface area (Å²) in [5.74, 6) is 1.20. The van der Waals surface area contributed by atoms with Crippen LogP contribution in [0.1, 0.15) is 29.5 Å². The van der Waals surface area contributed by atoms with E-state index >= 15 is 0 Å². The van der Waals surface area contributed by atoms with Crippen molar-refractivity contribution in [2.45, 2.75) is 19.9 Å². The highest BCUT2D eigenvalue weighted by Crippen LogP contribution is 2.17. The molecule has 0 radical (unpaired) electrons. The van der Waals surface area contributed by atoms with Gasteiger partial charge >= 0.3 is 0 Å². The molecule has 1 aromatic heterocycles. The van der Waals surface area contributed by atoms with Crippen LogP contribution in [0.4, 0.5) is 0 Å². The maximum absolute atomic E-state index is 12.7. The van der Waals surface area contributed by atoms with E-state index in [1.54, 1.807) is 35.4 Å². The predicted molar refractivity (Wildman–Crippen MR) is 81.3 cm³/mol. The fourth-order valence-electron chi connectivity index (χ4n) is 2.10. The topological polar surface area (TPSA) is 66.5 Å². The minimum Gasteiger partial charge on any atom is -0.494 e. The first-order valence-electron chi connectivity index (χ1n) is 7.16. The molecular weight excluding hydrogens is 280 g/mol. The maximum Gasteiger partial charge on any atom is 0.254 e. The van der Waals surface area contributed by atoms with E-state index in [0.29, 0.717) is 36.8 Å². The molecule has 2 aromatic rings. The second kappa shape index (κ2) is 7.89. The third-order valence-electron chi connectivity index (χ3n) is 3.10. The van der Waals surface area contributed by atoms with Crippen molar-refractivity contribution in [3.05, 3.63) is 54.0 Å². The first kappa shape index (κ1) is 15.6. The number of benzene rings is 1. The molecule has 0 aliphatic carbocycles. The van der Waals surface area contributed by atoms with Gasteiger partial charge in [-0.3, -0.25) is 4.79 Å². The van der Waals surface area contributed by atoms with Crippen LogP contribution >= 0.6 is 0 Å². The smallest absolute Gasteiger partial charge is 0.254 e. The molecule has 0 N–H and O–H groups in total. The van der Waals surface area contributed by atoms with E-state index in [-0.39, 0.29) is 12.3 Å². The summed E-state index contributed by atoms with van der Waals surface area (Å²) in [7, 11) is 0. The van der Waals surface area contributed by atoms with Gasteiger partial charge in [-0.1, -0.05) is 6.07 Å². The lowest BCUT2D eigenvalue weighted by atomic mass is 10.1. The Labute approximate surface area is 129 Å². The number of amides is 1. The molecule has 2 rings (SSSR count). The molecule has 1 aromatic carbocycles. The Balaban J connectivity index is 2.16. The summed E-state index contributed by atoms with van der Waals surface area (Å²) in [5, 5.41) is 8.78. The number of nitrogens with zero attached hydrogens (tertiary/aromatic N) is 2. The van der Waals surface area contributed by atoms with Crippen molar-refractivity contribution in [2.24, 2.45) is 0 Å². The molecule has 22 heavy (non-hydrogen) atoms. The number of carbonyl (C=O) groups excluding carboxylic acids is 1. The van der Waals surface area contributed by atoms with Gasteiger partial charge in [0.2, 0.25) is 0 Å². The zero-order valence-electron chi connectivity index (χ0n) is 12.5. The van der Waals surface area contributed by atoms with Gasteiger partial charge in [0.1, 0.15) is 11.5 Å². The molecule has 0 aliphatic heterocycles. The number of nitriles is 1. The van der Waals surface area contributed by atoms with Gasteiger partial charge in [0, 0.05) is 12.1 Å². The molecule has 0 spiro atoms. The lowest BCUT2D eigenvalue weighted by Gasteiger charge is -2.20. The predicted octanol–water partition coefficient (Wildman–Crippen LogP) is 3.23. The summed E-state index contributed by atoms with van der Waals surface area (Å²) in [5.41, 5.74) is 0.537. The molecule has 0 unspecified atom stereocenters. The van der Waals surface area contributed by atoms with Crippen LogP contribution < -0.4 is 4.74 Å². The van der Waals surface area contributed by atoms with Gasteiger partial charge in [0.25, 0.3) is 5.91 Å². The summed E-state index contributed by atoms with van der Waals surface area (Å²) >= 11 is 0. The molecule has 0 saturated heterocycles. The van der Waals surface area contributed by atoms with Gasteiger partial charge in [-0.25, -0.2) is 0 Å². The molecule has 114 valence electrons. The highest BCUT2D eigenvalue weighted by Gasteiger charge is 2.17. The van der Waals surface area contributed by atoms with E-state index in [4.69, 9.17) is 14.4 Å². The summed E-state index contributed by atoms with van der Waals surface area (Å²) < 4.78 is 10.7. The van der Waals surface area contributed by atoms with Gasteiger partial charge in [0.05, 0.1) is 31.9 Å². The zero-order valence-corrected chi connectivity index (χ0v) is 12.5. The molecular formula is C17H18N2O3. The van der Waals surface area contributed by atoms with Crippen LogP contribution in [0, 0.1) is 11.3 Å². The van der Waals surface area contributed by atoms with Gasteiger partial charge in [0.15, 0.2) is 0 Å². The monoisotopic (exact) mass is 298 g/mol. The first-order valence-corrected chi connectivity index (χ1v) is 7.16. The summed E-state index contributed by atoms with van der Waals surface area (Å²) in [4.78, 5) is 14.3. The van der Waals surface area contributed by atoms with Crippen LogP contribution in [0.3, 0.4) is 0 Å². The minimum absolute atomic E-state index is 0.145. The molecule has 5 heteroatoms. The van der Waals surface area contributed by atoms with Crippen molar-refractivity contribution in [3.63, 3.8) is 0 Å². The largest absolute Gasteiger partial charge is 0.494 e. The Morgan fingerprint density at radius 1 is 1.36 bits per heavy atom. The van der Waals surface area contributed by atoms with E-state index in [0.717, 1.165) is 0 Å². The minimum atomic E-state index is -0.145. The molecule has 1 heterocycles. The third-order valence-corrected chi connectivity index (χ3v) is 3.10. The van der Waals surface area contributed by atoms with E-state index in [1.165, 1.54) is 0 Å². The van der Waals surface area contributed by atoms with Crippen LogP contribution in [0.25, 0.3) is 0 Å². The standard InChI is InChI=1S/C17H18N2O3/c1-2-21-15-7-3-6-14(12-15)17(20)19(10-5-9-18)13-16-8-4-11-22-16/h3-4,6-8,11-12H,2,5,10,13H2,1H3. The van der Waals surface area contributed by atoms with Crippen molar-refractivity contribution < 1.29 is 13.9 Å². The van der Waals surface area contributed by atoms with Gasteiger partial charge in [-0.2, -0.15) is 5.26 Å². The van der Waals surface area contributed by atoms with E-state index < -0.39 is 0 Å². The Hall–Kier alpha value is -2.74. The Morgan fingerprint density at radius 3 is 2.91 bits per heavy atom. The van der Waals surface area contributed by atoms with E-state index in [1.807, 2.05) is 19.1 Å². The number of hydrogen-bond acceptors (Lipinski definition) is 4. The van der Waals surface area contributed by atoms with Crippen molar-refractivity contribution in [2.75, 3.05) is 13.2 Å². The maximum atomic E-state index is 12.7. The average molecular weight is 298 g/mol. The number of ether oxygens (including phenoxy) is 1. The lowest BCUT2D eigenvalue weighted by molar-refractivity contribution is 0.0735. The highest BCUT2D eigenvalue weighted by molar-refractivity contribution is 5.94. The van der Waals surface area contributed by atoms with Gasteiger partial charge < -0.3 is 14.1 Å². The van der Waals surface area contributed by atoms with Gasteiger partial charge in [-0.15, -0.1) is 0 Å². The van der Waals surface area contributed by atoms with Crippen LogP contribution in [0.5, 0.6) is 5.75 Å². The molecule has 5 nitrogen and oxygen atoms in total. The van der Waals surface area contributed by atoms with E-state index in [2.05, 4.69) is 6.07 Å². The molecule has 0 fully saturated rings. The molecule has 0 saturated carbocycles. The summed E-state index contributed by atoms with van der Waals surface area (Å²) in [6.45, 7) is 3.13. The molecule has 1 amide bonds. The third kappa shape index (κ3) is 4.13. The Morgan fingerprint density at radius 2 is 2.23 bits per heavy atom. The quantitative estimate of drug-likeness (QED) is 0.787. The second-order valence-corrected chi connectivity index (χ2v) is 4.68. The average Bonchev–Trinajstić information content (AvgIpc) is 3.04. The first-order chi connectivity index (χ1) is 10.7. The van der Waals surface area contributed by atoms with Gasteiger partial charge in [-0.05, 0) is 37.3 Å². The molecule has 0 atom stereocenters. The van der Waals surface area contributed by atoms with Crippen LogP contribution in [0.15, 0.2) is 47.1 Å². The number of carbonyl (C=O) groups is 1. The zero-order chi connectivity index (χ0) is 15.8.